The molecule has 3 rings (SSSR count). The zero-order chi connectivity index (χ0) is 11.1. The number of fused-ring (bicyclic) bond motifs is 1. The first kappa shape index (κ1) is 9.47. The number of aromatic nitrogens is 2. The molecule has 0 bridgehead atoms. The number of nitrogens with two attached hydrogens (primary N) is 1. The second kappa shape index (κ2) is 3.38. The highest BCUT2D eigenvalue weighted by Gasteiger charge is 2.09. The summed E-state index contributed by atoms with van der Waals surface area (Å²) in [5, 5.41) is 0. The Morgan fingerprint density at radius 2 is 2.25 bits per heavy atom. The summed E-state index contributed by atoms with van der Waals surface area (Å²) in [5.41, 5.74) is 8.02. The SMILES string of the molecule is Nc1cc(Br)cn2cc(-c3ccco3)nc12. The smallest absolute Gasteiger partial charge is 0.160 e. The van der Waals surface area contributed by atoms with E-state index in [1.54, 1.807) is 6.26 Å². The number of hydrogen-bond donors (Lipinski definition) is 1. The fourth-order valence-electron chi connectivity index (χ4n) is 1.63. The zero-order valence-electron chi connectivity index (χ0n) is 8.22. The van der Waals surface area contributed by atoms with E-state index in [1.165, 1.54) is 0 Å². The molecule has 0 amide bonds. The van der Waals surface area contributed by atoms with E-state index in [-0.39, 0.29) is 0 Å². The second-order valence-corrected chi connectivity index (χ2v) is 4.36. The number of anilines is 1. The molecule has 0 aliphatic carbocycles. The lowest BCUT2D eigenvalue weighted by Gasteiger charge is -1.97. The van der Waals surface area contributed by atoms with Gasteiger partial charge in [-0.3, -0.25) is 0 Å². The Balaban J connectivity index is 2.27. The zero-order valence-corrected chi connectivity index (χ0v) is 9.81. The third-order valence-corrected chi connectivity index (χ3v) is 2.75. The van der Waals surface area contributed by atoms with Gasteiger partial charge in [-0.25, -0.2) is 4.98 Å². The standard InChI is InChI=1S/C11H8BrN3O/c12-7-4-8(13)11-14-9(6-15(11)5-7)10-2-1-3-16-10/h1-6H,13H2. The maximum atomic E-state index is 5.88. The summed E-state index contributed by atoms with van der Waals surface area (Å²) in [6, 6.07) is 5.53. The van der Waals surface area contributed by atoms with Gasteiger partial charge in [-0.2, -0.15) is 0 Å². The van der Waals surface area contributed by atoms with Gasteiger partial charge in [0.1, 0.15) is 5.69 Å². The minimum absolute atomic E-state index is 0.632. The third kappa shape index (κ3) is 1.40. The van der Waals surface area contributed by atoms with Crippen LogP contribution in [0.1, 0.15) is 0 Å². The maximum Gasteiger partial charge on any atom is 0.160 e. The van der Waals surface area contributed by atoms with Gasteiger partial charge in [0.2, 0.25) is 0 Å². The minimum Gasteiger partial charge on any atom is -0.463 e. The van der Waals surface area contributed by atoms with Crippen LogP contribution >= 0.6 is 15.9 Å². The van der Waals surface area contributed by atoms with Crippen LogP contribution < -0.4 is 5.73 Å². The molecule has 0 aliphatic rings. The Morgan fingerprint density at radius 1 is 1.38 bits per heavy atom. The Bertz CT molecular complexity index is 643. The molecule has 0 saturated carbocycles. The van der Waals surface area contributed by atoms with E-state index in [2.05, 4.69) is 20.9 Å². The van der Waals surface area contributed by atoms with Crippen LogP contribution in [0.5, 0.6) is 0 Å². The monoisotopic (exact) mass is 277 g/mol. The summed E-state index contributed by atoms with van der Waals surface area (Å²) in [6.45, 7) is 0. The quantitative estimate of drug-likeness (QED) is 0.744. The van der Waals surface area contributed by atoms with Gasteiger partial charge in [0, 0.05) is 16.9 Å². The van der Waals surface area contributed by atoms with Crippen molar-refractivity contribution in [2.75, 3.05) is 5.73 Å². The number of nitrogen functional groups attached to an aromatic ring is 1. The van der Waals surface area contributed by atoms with E-state index in [0.717, 1.165) is 21.6 Å². The van der Waals surface area contributed by atoms with Crippen LogP contribution in [0.15, 0.2) is 45.7 Å². The number of imidazole rings is 1. The number of hydrogen-bond acceptors (Lipinski definition) is 3. The summed E-state index contributed by atoms with van der Waals surface area (Å²) in [6.07, 6.45) is 5.42. The van der Waals surface area contributed by atoms with Crippen molar-refractivity contribution < 1.29 is 4.42 Å². The summed E-state index contributed by atoms with van der Waals surface area (Å²) >= 11 is 3.39. The molecule has 3 heterocycles. The van der Waals surface area contributed by atoms with Crippen molar-refractivity contribution in [2.45, 2.75) is 0 Å². The highest BCUT2D eigenvalue weighted by Crippen LogP contribution is 2.24. The fourth-order valence-corrected chi connectivity index (χ4v) is 2.10. The molecule has 0 unspecified atom stereocenters. The molecule has 16 heavy (non-hydrogen) atoms. The van der Waals surface area contributed by atoms with Crippen LogP contribution in [0.25, 0.3) is 17.1 Å². The molecule has 2 N–H and O–H groups in total. The molecule has 80 valence electrons. The van der Waals surface area contributed by atoms with Crippen LogP contribution in [-0.4, -0.2) is 9.38 Å². The predicted molar refractivity (Wildman–Crippen MR) is 65.0 cm³/mol. The number of halogens is 1. The molecular formula is C11H8BrN3O. The van der Waals surface area contributed by atoms with Gasteiger partial charge < -0.3 is 14.6 Å². The topological polar surface area (TPSA) is 56.5 Å². The van der Waals surface area contributed by atoms with Crippen molar-refractivity contribution in [3.8, 4) is 11.5 Å². The highest BCUT2D eigenvalue weighted by atomic mass is 79.9. The molecule has 0 atom stereocenters. The van der Waals surface area contributed by atoms with Crippen molar-refractivity contribution in [1.29, 1.82) is 0 Å². The lowest BCUT2D eigenvalue weighted by atomic mass is 10.4. The Labute approximate surface area is 99.8 Å². The van der Waals surface area contributed by atoms with Crippen molar-refractivity contribution in [3.63, 3.8) is 0 Å². The van der Waals surface area contributed by atoms with Crippen molar-refractivity contribution in [2.24, 2.45) is 0 Å². The predicted octanol–water partition coefficient (Wildman–Crippen LogP) is 2.94. The largest absolute Gasteiger partial charge is 0.463 e. The first-order valence-corrected chi connectivity index (χ1v) is 5.51. The van der Waals surface area contributed by atoms with Crippen LogP contribution in [-0.2, 0) is 0 Å². The van der Waals surface area contributed by atoms with Crippen LogP contribution in [0.4, 0.5) is 5.69 Å². The Kier molecular flexibility index (Phi) is 2.00. The molecule has 0 fully saturated rings. The first-order chi connectivity index (χ1) is 7.74. The van der Waals surface area contributed by atoms with Gasteiger partial charge in [0.15, 0.2) is 11.4 Å². The summed E-state index contributed by atoms with van der Waals surface area (Å²) in [4.78, 5) is 4.42. The maximum absolute atomic E-state index is 5.88. The fraction of sp³-hybridized carbons (Fsp3) is 0. The molecule has 0 spiro atoms. The molecule has 3 aromatic heterocycles. The molecule has 0 aliphatic heterocycles. The highest BCUT2D eigenvalue weighted by molar-refractivity contribution is 9.10. The van der Waals surface area contributed by atoms with Crippen molar-refractivity contribution in [3.05, 3.63) is 41.3 Å². The van der Waals surface area contributed by atoms with Gasteiger partial charge in [-0.15, -0.1) is 0 Å². The second-order valence-electron chi connectivity index (χ2n) is 3.45. The lowest BCUT2D eigenvalue weighted by Crippen LogP contribution is -1.91. The average Bonchev–Trinajstić information content (AvgIpc) is 2.82. The molecule has 5 heteroatoms. The van der Waals surface area contributed by atoms with Gasteiger partial charge >= 0.3 is 0 Å². The van der Waals surface area contributed by atoms with E-state index in [4.69, 9.17) is 10.2 Å². The average molecular weight is 278 g/mol. The Morgan fingerprint density at radius 3 is 3.00 bits per heavy atom. The van der Waals surface area contributed by atoms with E-state index in [9.17, 15) is 0 Å². The summed E-state index contributed by atoms with van der Waals surface area (Å²) in [5.74, 6) is 0.735. The minimum atomic E-state index is 0.632. The molecule has 4 nitrogen and oxygen atoms in total. The molecule has 0 radical (unpaired) electrons. The normalized spacial score (nSPS) is 11.1. The number of furan rings is 1. The van der Waals surface area contributed by atoms with E-state index < -0.39 is 0 Å². The summed E-state index contributed by atoms with van der Waals surface area (Å²) in [7, 11) is 0. The van der Waals surface area contributed by atoms with Crippen molar-refractivity contribution >= 4 is 27.3 Å². The van der Waals surface area contributed by atoms with Crippen LogP contribution in [0.2, 0.25) is 0 Å². The van der Waals surface area contributed by atoms with Crippen LogP contribution in [0, 0.1) is 0 Å². The number of nitrogens with zero attached hydrogens (tertiary/aromatic N) is 2. The number of rotatable bonds is 1. The lowest BCUT2D eigenvalue weighted by molar-refractivity contribution is 0.580. The van der Waals surface area contributed by atoms with Crippen molar-refractivity contribution in [1.82, 2.24) is 9.38 Å². The van der Waals surface area contributed by atoms with E-state index >= 15 is 0 Å². The van der Waals surface area contributed by atoms with Gasteiger partial charge in [-0.1, -0.05) is 0 Å². The first-order valence-electron chi connectivity index (χ1n) is 4.71. The van der Waals surface area contributed by atoms with Gasteiger partial charge in [0.25, 0.3) is 0 Å². The molecule has 3 aromatic rings. The van der Waals surface area contributed by atoms with E-state index in [1.807, 2.05) is 35.0 Å². The molecule has 0 saturated heterocycles. The number of pyridine rings is 1. The molecule has 0 aromatic carbocycles. The third-order valence-electron chi connectivity index (χ3n) is 2.32. The Hall–Kier alpha value is -1.75. The van der Waals surface area contributed by atoms with Gasteiger partial charge in [-0.05, 0) is 34.1 Å². The van der Waals surface area contributed by atoms with E-state index in [0.29, 0.717) is 5.69 Å². The van der Waals surface area contributed by atoms with Gasteiger partial charge in [0.05, 0.1) is 12.0 Å². The van der Waals surface area contributed by atoms with Crippen LogP contribution in [0.3, 0.4) is 0 Å². The summed E-state index contributed by atoms with van der Waals surface area (Å²) < 4.78 is 8.08. The molecular weight excluding hydrogens is 270 g/mol.